The van der Waals surface area contributed by atoms with E-state index >= 15 is 0 Å². The summed E-state index contributed by atoms with van der Waals surface area (Å²) in [5, 5.41) is 11.3. The summed E-state index contributed by atoms with van der Waals surface area (Å²) in [6.45, 7) is -1.09. The fourth-order valence-corrected chi connectivity index (χ4v) is 7.58. The Morgan fingerprint density at radius 2 is 1.55 bits per heavy atom. The number of esters is 1. The average molecular weight is 715 g/mol. The number of anilines is 1. The third-order valence-corrected chi connectivity index (χ3v) is 10.3. The Balaban J connectivity index is 1.43. The van der Waals surface area contributed by atoms with Gasteiger partial charge in [-0.1, -0.05) is 48.5 Å². The summed E-state index contributed by atoms with van der Waals surface area (Å²) >= 11 is 0. The lowest BCUT2D eigenvalue weighted by Crippen LogP contribution is -2.38. The Morgan fingerprint density at radius 3 is 2.23 bits per heavy atom. The highest BCUT2D eigenvalue weighted by Gasteiger charge is 2.50. The number of benzene rings is 2. The molecule has 1 aliphatic rings. The van der Waals surface area contributed by atoms with Crippen molar-refractivity contribution in [2.75, 3.05) is 12.3 Å². The second kappa shape index (κ2) is 13.4. The number of nitrogens with zero attached hydrogens (tertiary/aromatic N) is 4. The van der Waals surface area contributed by atoms with Gasteiger partial charge >= 0.3 is 29.4 Å². The van der Waals surface area contributed by atoms with Crippen LogP contribution < -0.4 is 5.73 Å². The molecule has 2 aromatic heterocycles. The first-order valence-electron chi connectivity index (χ1n) is 13.0. The molecule has 0 saturated carbocycles. The van der Waals surface area contributed by atoms with Gasteiger partial charge in [0.25, 0.3) is 0 Å². The molecule has 0 amide bonds. The highest BCUT2D eigenvalue weighted by molar-refractivity contribution is 7.66. The summed E-state index contributed by atoms with van der Waals surface area (Å²) in [7, 11) is -17.2. The van der Waals surface area contributed by atoms with Gasteiger partial charge < -0.3 is 39.9 Å². The second-order valence-electron chi connectivity index (χ2n) is 9.64. The van der Waals surface area contributed by atoms with Crippen LogP contribution in [0, 0.1) is 0 Å². The van der Waals surface area contributed by atoms with Gasteiger partial charge in [-0.3, -0.25) is 13.9 Å². The van der Waals surface area contributed by atoms with E-state index in [4.69, 9.17) is 29.5 Å². The lowest BCUT2D eigenvalue weighted by atomic mass is 9.98. The molecule has 3 heterocycles. The Kier molecular flexibility index (Phi) is 9.87. The number of nitrogen functional groups attached to an aromatic ring is 1. The van der Waals surface area contributed by atoms with E-state index in [0.717, 1.165) is 6.33 Å². The topological polar surface area (TPSA) is 302 Å². The van der Waals surface area contributed by atoms with Crippen LogP contribution in [0.3, 0.4) is 0 Å². The van der Waals surface area contributed by atoms with Gasteiger partial charge in [-0.15, -0.1) is 0 Å². The number of aliphatic hydroxyl groups is 1. The van der Waals surface area contributed by atoms with Gasteiger partial charge in [-0.2, -0.15) is 8.62 Å². The molecule has 47 heavy (non-hydrogen) atoms. The maximum atomic E-state index is 13.5. The maximum absolute atomic E-state index is 13.5. The monoisotopic (exact) mass is 715 g/mol. The number of phosphoric acid groups is 3. The third-order valence-electron chi connectivity index (χ3n) is 6.46. The first-order chi connectivity index (χ1) is 22.1. The van der Waals surface area contributed by atoms with Crippen molar-refractivity contribution in [1.29, 1.82) is 0 Å². The van der Waals surface area contributed by atoms with Crippen molar-refractivity contribution < 1.29 is 70.6 Å². The van der Waals surface area contributed by atoms with Gasteiger partial charge in [0.05, 0.1) is 18.5 Å². The van der Waals surface area contributed by atoms with Crippen LogP contribution >= 0.6 is 23.5 Å². The molecule has 1 aliphatic heterocycles. The Morgan fingerprint density at radius 1 is 0.894 bits per heavy atom. The molecule has 20 nitrogen and oxygen atoms in total. The summed E-state index contributed by atoms with van der Waals surface area (Å²) in [6.07, 6.45) is -4.35. The number of aromatic nitrogens is 4. The number of phosphoric ester groups is 1. The summed E-state index contributed by atoms with van der Waals surface area (Å²) in [4.78, 5) is 75.6. The van der Waals surface area contributed by atoms with E-state index in [1.54, 1.807) is 18.2 Å². The van der Waals surface area contributed by atoms with Gasteiger partial charge in [0, 0.05) is 11.1 Å². The molecule has 1 saturated heterocycles. The standard InChI is InChI=1S/C24H24N5O15P3/c25-21-17-22(27-11-26-21)29(12-28-17)23-19(31)20(16(41-23)10-40-46(36,37)44-47(38,39)43-45(33,34)35)42-24(32)15-9-5-4-8-14(15)18(30)13-6-2-1-3-7-13/h1-9,11-12,16,19-20,23,31H,10H2,(H,36,37)(H,38,39)(H2,25,26,27)(H2,33,34,35)/t16-,19?,20?,23-/m1/s1. The van der Waals surface area contributed by atoms with Crippen molar-refractivity contribution in [2.24, 2.45) is 0 Å². The SMILES string of the molecule is Nc1ncnc2c1ncn2[C@@H]1O[C@H](COP(=O)(O)OP(=O)(O)OP(=O)(O)O)C(OC(=O)c2ccccc2C(=O)c2ccccc2)C1O. The summed E-state index contributed by atoms with van der Waals surface area (Å²) in [5.74, 6) is -1.66. The highest BCUT2D eigenvalue weighted by atomic mass is 31.3. The van der Waals surface area contributed by atoms with Crippen LogP contribution in [-0.2, 0) is 36.3 Å². The quantitative estimate of drug-likeness (QED) is 0.0687. The molecular weight excluding hydrogens is 691 g/mol. The smallest absolute Gasteiger partial charge is 0.453 e. The number of hydrogen-bond donors (Lipinski definition) is 6. The highest BCUT2D eigenvalue weighted by Crippen LogP contribution is 2.66. The van der Waals surface area contributed by atoms with Crippen LogP contribution in [0.15, 0.2) is 67.3 Å². The van der Waals surface area contributed by atoms with Gasteiger partial charge in [-0.25, -0.2) is 33.4 Å². The average Bonchev–Trinajstić information content (AvgIpc) is 3.56. The fraction of sp³-hybridized carbons (Fsp3) is 0.208. The van der Waals surface area contributed by atoms with Crippen molar-refractivity contribution in [3.8, 4) is 0 Å². The number of imidazole rings is 1. The van der Waals surface area contributed by atoms with E-state index in [1.165, 1.54) is 47.3 Å². The van der Waals surface area contributed by atoms with Gasteiger partial charge in [0.15, 0.2) is 29.6 Å². The first kappa shape index (κ1) is 34.6. The number of carbonyl (C=O) groups is 2. The minimum Gasteiger partial charge on any atom is -0.453 e. The van der Waals surface area contributed by atoms with E-state index in [0.29, 0.717) is 0 Å². The number of ketones is 1. The minimum absolute atomic E-state index is 0.0203. The molecular formula is C24H24N5O15P3. The fourth-order valence-electron chi connectivity index (χ4n) is 4.55. The zero-order valence-electron chi connectivity index (χ0n) is 23.4. The summed E-state index contributed by atoms with van der Waals surface area (Å²) < 4.78 is 59.8. The van der Waals surface area contributed by atoms with E-state index in [9.17, 15) is 38.2 Å². The van der Waals surface area contributed by atoms with Gasteiger partial charge in [-0.05, 0) is 6.07 Å². The summed E-state index contributed by atoms with van der Waals surface area (Å²) in [6, 6.07) is 13.7. The Labute approximate surface area is 263 Å². The first-order valence-corrected chi connectivity index (χ1v) is 17.5. The number of rotatable bonds is 12. The molecule has 5 rings (SSSR count). The lowest BCUT2D eigenvalue weighted by Gasteiger charge is -2.22. The van der Waals surface area contributed by atoms with Crippen molar-refractivity contribution in [3.05, 3.63) is 83.9 Å². The van der Waals surface area contributed by atoms with Crippen molar-refractivity contribution in [3.63, 3.8) is 0 Å². The summed E-state index contributed by atoms with van der Waals surface area (Å²) in [5.41, 5.74) is 6.01. The normalized spacial score (nSPS) is 22.4. The van der Waals surface area contributed by atoms with Crippen LogP contribution in [-0.4, -0.2) is 80.9 Å². The second-order valence-corrected chi connectivity index (χ2v) is 14.1. The molecule has 1 fully saturated rings. The molecule has 4 unspecified atom stereocenters. The van der Waals surface area contributed by atoms with E-state index in [-0.39, 0.29) is 33.7 Å². The van der Waals surface area contributed by atoms with E-state index in [2.05, 4.69) is 23.6 Å². The molecule has 23 heteroatoms. The largest absolute Gasteiger partial charge is 0.490 e. The van der Waals surface area contributed by atoms with Crippen molar-refractivity contribution in [2.45, 2.75) is 24.5 Å². The Hall–Kier alpha value is -3.74. The predicted octanol–water partition coefficient (Wildman–Crippen LogP) is 1.47. The Bertz CT molecular complexity index is 1950. The molecule has 0 bridgehead atoms. The number of hydrogen-bond acceptors (Lipinski definition) is 15. The number of nitrogens with two attached hydrogens (primary N) is 1. The number of ether oxygens (including phenoxy) is 2. The maximum Gasteiger partial charge on any atom is 0.490 e. The van der Waals surface area contributed by atoms with Crippen molar-refractivity contribution in [1.82, 2.24) is 19.5 Å². The van der Waals surface area contributed by atoms with Crippen molar-refractivity contribution >= 4 is 52.2 Å². The van der Waals surface area contributed by atoms with Crippen LogP contribution in [0.25, 0.3) is 11.2 Å². The molecule has 0 radical (unpaired) electrons. The number of aliphatic hydroxyl groups excluding tert-OH is 1. The molecule has 4 aromatic rings. The van der Waals surface area contributed by atoms with Gasteiger partial charge in [0.1, 0.15) is 24.1 Å². The number of carbonyl (C=O) groups excluding carboxylic acids is 2. The van der Waals surface area contributed by atoms with Crippen LogP contribution in [0.2, 0.25) is 0 Å². The predicted molar refractivity (Wildman–Crippen MR) is 155 cm³/mol. The van der Waals surface area contributed by atoms with Crippen LogP contribution in [0.1, 0.15) is 32.5 Å². The van der Waals surface area contributed by atoms with E-state index < -0.39 is 66.4 Å². The molecule has 250 valence electrons. The molecule has 0 spiro atoms. The molecule has 0 aliphatic carbocycles. The zero-order valence-corrected chi connectivity index (χ0v) is 26.1. The van der Waals surface area contributed by atoms with Crippen LogP contribution in [0.4, 0.5) is 5.82 Å². The lowest BCUT2D eigenvalue weighted by molar-refractivity contribution is -0.0520. The molecule has 7 N–H and O–H groups in total. The van der Waals surface area contributed by atoms with E-state index in [1.807, 2.05) is 0 Å². The molecule has 2 aromatic carbocycles. The number of fused-ring (bicyclic) bond motifs is 1. The zero-order chi connectivity index (χ0) is 34.1. The third kappa shape index (κ3) is 8.05. The minimum atomic E-state index is -5.86. The van der Waals surface area contributed by atoms with Crippen LogP contribution in [0.5, 0.6) is 0 Å². The van der Waals surface area contributed by atoms with Gasteiger partial charge in [0.2, 0.25) is 0 Å². The molecule has 6 atom stereocenters.